The van der Waals surface area contributed by atoms with Gasteiger partial charge in [-0.25, -0.2) is 13.9 Å². The first-order valence-corrected chi connectivity index (χ1v) is 11.1. The van der Waals surface area contributed by atoms with E-state index in [1.54, 1.807) is 17.6 Å². The van der Waals surface area contributed by atoms with Crippen LogP contribution in [-0.2, 0) is 14.6 Å². The Kier molecular flexibility index (Phi) is 6.26. The minimum atomic E-state index is -4.02. The maximum atomic E-state index is 13.4. The zero-order valence-electron chi connectivity index (χ0n) is 16.6. The number of nitrogens with zero attached hydrogens (tertiary/aromatic N) is 1. The maximum absolute atomic E-state index is 13.4. The fourth-order valence-electron chi connectivity index (χ4n) is 3.68. The van der Waals surface area contributed by atoms with Crippen molar-refractivity contribution in [2.24, 2.45) is 0 Å². The fraction of sp³-hybridized carbons (Fsp3) is 0.381. The predicted molar refractivity (Wildman–Crippen MR) is 109 cm³/mol. The van der Waals surface area contributed by atoms with Gasteiger partial charge in [-0.15, -0.1) is 0 Å². The Bertz CT molecular complexity index is 965. The van der Waals surface area contributed by atoms with Crippen LogP contribution >= 0.6 is 0 Å². The van der Waals surface area contributed by atoms with Gasteiger partial charge in [0.2, 0.25) is 0 Å². The minimum Gasteiger partial charge on any atom is -0.457 e. The number of rotatable bonds is 6. The van der Waals surface area contributed by atoms with Crippen molar-refractivity contribution in [1.29, 1.82) is 0 Å². The molecule has 0 spiro atoms. The van der Waals surface area contributed by atoms with E-state index in [4.69, 9.17) is 4.74 Å². The summed E-state index contributed by atoms with van der Waals surface area (Å²) in [6.45, 7) is 5.66. The molecule has 0 bridgehead atoms. The number of carbonyl (C=O) groups excluding carboxylic acids is 1. The lowest BCUT2D eigenvalue weighted by Crippen LogP contribution is -2.57. The summed E-state index contributed by atoms with van der Waals surface area (Å²) < 4.78 is 30.9. The molecule has 29 heavy (non-hydrogen) atoms. The van der Waals surface area contributed by atoms with Crippen molar-refractivity contribution in [2.45, 2.75) is 36.3 Å². The van der Waals surface area contributed by atoms with Gasteiger partial charge in [-0.3, -0.25) is 10.0 Å². The predicted octanol–water partition coefficient (Wildman–Crippen LogP) is 2.92. The van der Waals surface area contributed by atoms with Crippen molar-refractivity contribution in [1.82, 2.24) is 10.4 Å². The largest absolute Gasteiger partial charge is 0.457 e. The van der Waals surface area contributed by atoms with Crippen molar-refractivity contribution >= 4 is 15.7 Å². The number of ether oxygens (including phenoxy) is 1. The highest BCUT2D eigenvalue weighted by Gasteiger charge is 2.52. The Balaban J connectivity index is 1.88. The summed E-state index contributed by atoms with van der Waals surface area (Å²) in [5, 5.41) is 9.22. The Hall–Kier alpha value is -2.42. The molecule has 2 N–H and O–H groups in total. The van der Waals surface area contributed by atoms with Gasteiger partial charge in [0.1, 0.15) is 11.5 Å². The van der Waals surface area contributed by atoms with Gasteiger partial charge in [0, 0.05) is 13.1 Å². The summed E-state index contributed by atoms with van der Waals surface area (Å²) in [4.78, 5) is 14.6. The van der Waals surface area contributed by atoms with Gasteiger partial charge in [-0.2, -0.15) is 0 Å². The molecule has 1 amide bonds. The summed E-state index contributed by atoms with van der Waals surface area (Å²) >= 11 is 0. The molecule has 1 fully saturated rings. The lowest BCUT2D eigenvalue weighted by Gasteiger charge is -2.39. The average molecular weight is 419 g/mol. The molecule has 0 unspecified atom stereocenters. The summed E-state index contributed by atoms with van der Waals surface area (Å²) in [5.74, 6) is 0.271. The molecule has 3 rings (SSSR count). The van der Waals surface area contributed by atoms with Gasteiger partial charge in [0.25, 0.3) is 5.91 Å². The molecule has 0 aromatic heterocycles. The quantitative estimate of drug-likeness (QED) is 0.553. The Morgan fingerprint density at radius 2 is 1.79 bits per heavy atom. The second-order valence-electron chi connectivity index (χ2n) is 7.26. The fourth-order valence-corrected chi connectivity index (χ4v) is 5.63. The molecule has 0 atom stereocenters. The highest BCUT2D eigenvalue weighted by atomic mass is 32.2. The van der Waals surface area contributed by atoms with Crippen LogP contribution in [0.2, 0.25) is 0 Å². The average Bonchev–Trinajstić information content (AvgIpc) is 2.73. The van der Waals surface area contributed by atoms with Gasteiger partial charge in [0.05, 0.1) is 4.90 Å². The highest BCUT2D eigenvalue weighted by molar-refractivity contribution is 7.93. The van der Waals surface area contributed by atoms with E-state index >= 15 is 0 Å². The smallest absolute Gasteiger partial charge is 0.265 e. The molecule has 7 nitrogen and oxygen atoms in total. The van der Waals surface area contributed by atoms with Crippen molar-refractivity contribution in [3.63, 3.8) is 0 Å². The third kappa shape index (κ3) is 4.14. The number of carbonyl (C=O) groups is 1. The van der Waals surface area contributed by atoms with Gasteiger partial charge in [-0.05, 0) is 68.3 Å². The van der Waals surface area contributed by atoms with Crippen molar-refractivity contribution in [3.8, 4) is 11.5 Å². The number of amides is 1. The standard InChI is InChI=1S/C21H26N2O5S/c1-3-23-13-11-21(12-14-23,20(24)22-25)29(26,27)19-9-7-17(8-10-19)28-18-6-4-5-16(2)15-18/h4-10,15,25H,3,11-14H2,1-2H3,(H,22,24). The topological polar surface area (TPSA) is 95.9 Å². The first-order chi connectivity index (χ1) is 13.8. The summed E-state index contributed by atoms with van der Waals surface area (Å²) in [6.07, 6.45) is 0.244. The lowest BCUT2D eigenvalue weighted by molar-refractivity contribution is -0.133. The van der Waals surface area contributed by atoms with Crippen molar-refractivity contribution in [2.75, 3.05) is 19.6 Å². The zero-order chi connectivity index (χ0) is 21.1. The summed E-state index contributed by atoms with van der Waals surface area (Å²) in [5.41, 5.74) is 2.63. The second-order valence-corrected chi connectivity index (χ2v) is 9.52. The molecule has 2 aromatic carbocycles. The summed E-state index contributed by atoms with van der Waals surface area (Å²) in [6, 6.07) is 13.6. The lowest BCUT2D eigenvalue weighted by atomic mass is 9.95. The number of hydrogen-bond donors (Lipinski definition) is 2. The molecule has 0 saturated carbocycles. The molecule has 0 radical (unpaired) electrons. The number of piperidine rings is 1. The van der Waals surface area contributed by atoms with E-state index in [2.05, 4.69) is 4.90 Å². The Morgan fingerprint density at radius 3 is 2.34 bits per heavy atom. The number of benzene rings is 2. The van der Waals surface area contributed by atoms with E-state index in [9.17, 15) is 18.4 Å². The van der Waals surface area contributed by atoms with Gasteiger partial charge < -0.3 is 9.64 Å². The van der Waals surface area contributed by atoms with Crippen LogP contribution in [0.5, 0.6) is 11.5 Å². The third-order valence-corrected chi connectivity index (χ3v) is 8.02. The van der Waals surface area contributed by atoms with Crippen LogP contribution in [0.4, 0.5) is 0 Å². The third-order valence-electron chi connectivity index (χ3n) is 5.50. The van der Waals surface area contributed by atoms with Crippen molar-refractivity contribution in [3.05, 3.63) is 54.1 Å². The molecular formula is C21H26N2O5S. The summed E-state index contributed by atoms with van der Waals surface area (Å²) in [7, 11) is -4.02. The molecule has 156 valence electrons. The number of hydrogen-bond acceptors (Lipinski definition) is 6. The maximum Gasteiger partial charge on any atom is 0.265 e. The van der Waals surface area contributed by atoms with Crippen LogP contribution in [0.1, 0.15) is 25.3 Å². The zero-order valence-corrected chi connectivity index (χ0v) is 17.4. The second kappa shape index (κ2) is 8.52. The number of sulfone groups is 1. The van der Waals surface area contributed by atoms with E-state index in [1.165, 1.54) is 12.1 Å². The molecule has 8 heteroatoms. The molecule has 1 aliphatic heterocycles. The Morgan fingerprint density at radius 1 is 1.14 bits per heavy atom. The minimum absolute atomic E-state index is 0.0302. The van der Waals surface area contributed by atoms with Crippen LogP contribution in [0.3, 0.4) is 0 Å². The van der Waals surface area contributed by atoms with Crippen molar-refractivity contribution < 1.29 is 23.2 Å². The highest BCUT2D eigenvalue weighted by Crippen LogP contribution is 2.36. The van der Waals surface area contributed by atoms with Crippen LogP contribution in [0.15, 0.2) is 53.4 Å². The number of aryl methyl sites for hydroxylation is 1. The molecular weight excluding hydrogens is 392 g/mol. The molecule has 1 heterocycles. The SMILES string of the molecule is CCN1CCC(C(=O)NO)(S(=O)(=O)c2ccc(Oc3cccc(C)c3)cc2)CC1. The number of nitrogens with one attached hydrogen (secondary N) is 1. The first kappa shape index (κ1) is 21.3. The normalized spacial score (nSPS) is 16.9. The number of hydroxylamine groups is 1. The first-order valence-electron chi connectivity index (χ1n) is 9.58. The molecule has 2 aromatic rings. The van der Waals surface area contributed by atoms with Crippen LogP contribution < -0.4 is 10.2 Å². The van der Waals surface area contributed by atoms with E-state index in [0.29, 0.717) is 24.6 Å². The van der Waals surface area contributed by atoms with Crippen LogP contribution in [-0.4, -0.2) is 48.8 Å². The van der Waals surface area contributed by atoms with E-state index in [0.717, 1.165) is 12.1 Å². The Labute approximate surface area is 171 Å². The van der Waals surface area contributed by atoms with E-state index in [1.807, 2.05) is 38.1 Å². The molecule has 0 aliphatic carbocycles. The number of likely N-dealkylation sites (tertiary alicyclic amines) is 1. The molecule has 1 saturated heterocycles. The van der Waals surface area contributed by atoms with E-state index < -0.39 is 20.5 Å². The van der Waals surface area contributed by atoms with Crippen LogP contribution in [0.25, 0.3) is 0 Å². The van der Waals surface area contributed by atoms with Gasteiger partial charge in [-0.1, -0.05) is 19.1 Å². The molecule has 1 aliphatic rings. The van der Waals surface area contributed by atoms with Crippen LogP contribution in [0, 0.1) is 6.92 Å². The monoisotopic (exact) mass is 418 g/mol. The van der Waals surface area contributed by atoms with E-state index in [-0.39, 0.29) is 17.7 Å². The van der Waals surface area contributed by atoms with Gasteiger partial charge >= 0.3 is 0 Å². The van der Waals surface area contributed by atoms with Gasteiger partial charge in [0.15, 0.2) is 14.6 Å².